The van der Waals surface area contributed by atoms with Crippen LogP contribution >= 0.6 is 0 Å². The predicted octanol–water partition coefficient (Wildman–Crippen LogP) is 5.23. The molecule has 0 amide bonds. The van der Waals surface area contributed by atoms with Gasteiger partial charge in [-0.2, -0.15) is 0 Å². The Balaban J connectivity index is 1.71. The third-order valence-electron chi connectivity index (χ3n) is 4.76. The Kier molecular flexibility index (Phi) is 5.08. The standard InChI is InChI=1S/C23H21FN2O2/c1-2-16-4-3-5-21(24)23(16)28-14-15-10-18-7-9-27-22(18)20(11-15)17-6-8-26-19(12-17)13-25/h3-12H,2,13-14,25H2,1H3. The second-order valence-corrected chi connectivity index (χ2v) is 6.59. The van der Waals surface area contributed by atoms with Crippen LogP contribution in [0.15, 0.2) is 65.4 Å². The summed E-state index contributed by atoms with van der Waals surface area (Å²) in [6, 6.07) is 14.8. The van der Waals surface area contributed by atoms with Gasteiger partial charge in [-0.3, -0.25) is 4.98 Å². The summed E-state index contributed by atoms with van der Waals surface area (Å²) in [6.45, 7) is 2.61. The molecule has 2 aromatic carbocycles. The molecule has 0 saturated carbocycles. The second kappa shape index (κ2) is 7.82. The Bertz CT molecular complexity index is 1120. The number of furan rings is 1. The van der Waals surface area contributed by atoms with Crippen LogP contribution in [0.2, 0.25) is 0 Å². The van der Waals surface area contributed by atoms with Crippen LogP contribution in [0.5, 0.6) is 5.75 Å². The van der Waals surface area contributed by atoms with Crippen LogP contribution in [-0.2, 0) is 19.6 Å². The van der Waals surface area contributed by atoms with E-state index in [1.165, 1.54) is 6.07 Å². The molecule has 0 aliphatic heterocycles. The SMILES string of the molecule is CCc1cccc(F)c1OCc1cc(-c2ccnc(CN)c2)c2occc2c1. The van der Waals surface area contributed by atoms with Crippen LogP contribution in [0, 0.1) is 5.82 Å². The number of pyridine rings is 1. The van der Waals surface area contributed by atoms with Gasteiger partial charge in [-0.15, -0.1) is 0 Å². The molecular formula is C23H21FN2O2. The lowest BCUT2D eigenvalue weighted by Gasteiger charge is -2.13. The number of rotatable bonds is 6. The second-order valence-electron chi connectivity index (χ2n) is 6.59. The molecule has 0 atom stereocenters. The van der Waals surface area contributed by atoms with Gasteiger partial charge in [0.25, 0.3) is 0 Å². The summed E-state index contributed by atoms with van der Waals surface area (Å²) in [5.41, 5.74) is 11.0. The summed E-state index contributed by atoms with van der Waals surface area (Å²) in [4.78, 5) is 4.26. The molecular weight excluding hydrogens is 355 g/mol. The molecule has 28 heavy (non-hydrogen) atoms. The number of ether oxygens (including phenoxy) is 1. The molecule has 0 unspecified atom stereocenters. The molecule has 2 aromatic heterocycles. The van der Waals surface area contributed by atoms with E-state index in [9.17, 15) is 4.39 Å². The number of hydrogen-bond acceptors (Lipinski definition) is 4. The van der Waals surface area contributed by atoms with E-state index < -0.39 is 0 Å². The summed E-state index contributed by atoms with van der Waals surface area (Å²) < 4.78 is 25.8. The lowest BCUT2D eigenvalue weighted by molar-refractivity contribution is 0.287. The van der Waals surface area contributed by atoms with Crippen molar-refractivity contribution in [3.05, 3.63) is 83.6 Å². The van der Waals surface area contributed by atoms with Gasteiger partial charge in [-0.1, -0.05) is 19.1 Å². The predicted molar refractivity (Wildman–Crippen MR) is 107 cm³/mol. The summed E-state index contributed by atoms with van der Waals surface area (Å²) in [7, 11) is 0. The molecule has 142 valence electrons. The minimum Gasteiger partial charge on any atom is -0.486 e. The minimum atomic E-state index is -0.342. The third-order valence-corrected chi connectivity index (χ3v) is 4.76. The maximum Gasteiger partial charge on any atom is 0.165 e. The summed E-state index contributed by atoms with van der Waals surface area (Å²) in [5.74, 6) is -0.0288. The number of para-hydroxylation sites is 1. The lowest BCUT2D eigenvalue weighted by Crippen LogP contribution is -2.01. The van der Waals surface area contributed by atoms with Gasteiger partial charge < -0.3 is 14.9 Å². The van der Waals surface area contributed by atoms with Gasteiger partial charge in [-0.25, -0.2) is 4.39 Å². The summed E-state index contributed by atoms with van der Waals surface area (Å²) in [6.07, 6.45) is 4.11. The average Bonchev–Trinajstić information content (AvgIpc) is 3.20. The molecule has 4 aromatic rings. The zero-order chi connectivity index (χ0) is 19.5. The maximum absolute atomic E-state index is 14.2. The number of nitrogens with two attached hydrogens (primary N) is 1. The lowest BCUT2D eigenvalue weighted by atomic mass is 10.0. The van der Waals surface area contributed by atoms with Crippen LogP contribution in [0.1, 0.15) is 23.7 Å². The van der Waals surface area contributed by atoms with Crippen molar-refractivity contribution in [3.8, 4) is 16.9 Å². The van der Waals surface area contributed by atoms with Crippen molar-refractivity contribution in [1.82, 2.24) is 4.98 Å². The van der Waals surface area contributed by atoms with Gasteiger partial charge in [0.1, 0.15) is 12.2 Å². The van der Waals surface area contributed by atoms with Gasteiger partial charge in [0.05, 0.1) is 12.0 Å². The number of hydrogen-bond donors (Lipinski definition) is 1. The fourth-order valence-electron chi connectivity index (χ4n) is 3.35. The Labute approximate surface area is 162 Å². The normalized spacial score (nSPS) is 11.1. The molecule has 0 spiro atoms. The van der Waals surface area contributed by atoms with Crippen LogP contribution in [0.25, 0.3) is 22.1 Å². The molecule has 4 nitrogen and oxygen atoms in total. The van der Waals surface area contributed by atoms with Crippen LogP contribution in [0.3, 0.4) is 0 Å². The van der Waals surface area contributed by atoms with E-state index in [4.69, 9.17) is 14.9 Å². The molecule has 0 aliphatic rings. The number of nitrogens with zero attached hydrogens (tertiary/aromatic N) is 1. The zero-order valence-corrected chi connectivity index (χ0v) is 15.6. The minimum absolute atomic E-state index is 0.261. The summed E-state index contributed by atoms with van der Waals surface area (Å²) in [5, 5.41) is 0.964. The van der Waals surface area contributed by atoms with Crippen molar-refractivity contribution in [2.75, 3.05) is 0 Å². The van der Waals surface area contributed by atoms with Crippen LogP contribution < -0.4 is 10.5 Å². The first-order valence-electron chi connectivity index (χ1n) is 9.25. The molecule has 0 aliphatic carbocycles. The monoisotopic (exact) mass is 376 g/mol. The number of fused-ring (bicyclic) bond motifs is 1. The highest BCUT2D eigenvalue weighted by atomic mass is 19.1. The van der Waals surface area contributed by atoms with E-state index in [1.807, 2.05) is 43.3 Å². The first kappa shape index (κ1) is 18.2. The number of benzene rings is 2. The van der Waals surface area contributed by atoms with E-state index in [1.54, 1.807) is 18.5 Å². The molecule has 4 rings (SSSR count). The highest BCUT2D eigenvalue weighted by Crippen LogP contribution is 2.32. The topological polar surface area (TPSA) is 61.3 Å². The van der Waals surface area contributed by atoms with E-state index in [-0.39, 0.29) is 12.4 Å². The Morgan fingerprint density at radius 3 is 2.86 bits per heavy atom. The third kappa shape index (κ3) is 3.49. The fraction of sp³-hybridized carbons (Fsp3) is 0.174. The molecule has 2 N–H and O–H groups in total. The number of aryl methyl sites for hydroxylation is 1. The number of aromatic nitrogens is 1. The maximum atomic E-state index is 14.2. The van der Waals surface area contributed by atoms with Crippen molar-refractivity contribution in [2.24, 2.45) is 5.73 Å². The Hall–Kier alpha value is -3.18. The van der Waals surface area contributed by atoms with Crippen molar-refractivity contribution in [3.63, 3.8) is 0 Å². The van der Waals surface area contributed by atoms with Gasteiger partial charge >= 0.3 is 0 Å². The van der Waals surface area contributed by atoms with E-state index in [2.05, 4.69) is 4.98 Å². The Morgan fingerprint density at radius 1 is 1.14 bits per heavy atom. The molecule has 0 saturated heterocycles. The molecule has 2 heterocycles. The van der Waals surface area contributed by atoms with Crippen LogP contribution in [0.4, 0.5) is 4.39 Å². The molecule has 5 heteroatoms. The van der Waals surface area contributed by atoms with Gasteiger partial charge in [0, 0.05) is 23.7 Å². The number of halogens is 1. The van der Waals surface area contributed by atoms with E-state index in [0.717, 1.165) is 38.9 Å². The zero-order valence-electron chi connectivity index (χ0n) is 15.6. The van der Waals surface area contributed by atoms with E-state index in [0.29, 0.717) is 18.7 Å². The Morgan fingerprint density at radius 2 is 2.04 bits per heavy atom. The van der Waals surface area contributed by atoms with Crippen LogP contribution in [-0.4, -0.2) is 4.98 Å². The largest absolute Gasteiger partial charge is 0.486 e. The highest BCUT2D eigenvalue weighted by molar-refractivity contribution is 5.93. The molecule has 0 radical (unpaired) electrons. The first-order valence-corrected chi connectivity index (χ1v) is 9.25. The highest BCUT2D eigenvalue weighted by Gasteiger charge is 2.13. The molecule has 0 fully saturated rings. The average molecular weight is 376 g/mol. The van der Waals surface area contributed by atoms with Crippen molar-refractivity contribution in [1.29, 1.82) is 0 Å². The quantitative estimate of drug-likeness (QED) is 0.500. The van der Waals surface area contributed by atoms with Crippen molar-refractivity contribution < 1.29 is 13.5 Å². The summed E-state index contributed by atoms with van der Waals surface area (Å²) >= 11 is 0. The smallest absolute Gasteiger partial charge is 0.165 e. The van der Waals surface area contributed by atoms with E-state index >= 15 is 0 Å². The fourth-order valence-corrected chi connectivity index (χ4v) is 3.35. The van der Waals surface area contributed by atoms with Gasteiger partial charge in [-0.05, 0) is 59.5 Å². The van der Waals surface area contributed by atoms with Crippen molar-refractivity contribution >= 4 is 11.0 Å². The van der Waals surface area contributed by atoms with Gasteiger partial charge in [0.2, 0.25) is 0 Å². The van der Waals surface area contributed by atoms with Crippen molar-refractivity contribution in [2.45, 2.75) is 26.5 Å². The molecule has 0 bridgehead atoms. The first-order chi connectivity index (χ1) is 13.7. The van der Waals surface area contributed by atoms with Gasteiger partial charge in [0.15, 0.2) is 11.6 Å².